The zero-order valence-electron chi connectivity index (χ0n) is 13.8. The predicted molar refractivity (Wildman–Crippen MR) is 112 cm³/mol. The fraction of sp³-hybridized carbons (Fsp3) is 0. The van der Waals surface area contributed by atoms with E-state index in [1.54, 1.807) is 12.1 Å². The van der Waals surface area contributed by atoms with Crippen molar-refractivity contribution in [3.63, 3.8) is 0 Å². The number of hydrogen-bond donors (Lipinski definition) is 1. The minimum absolute atomic E-state index is 0.0295. The summed E-state index contributed by atoms with van der Waals surface area (Å²) in [5, 5.41) is 12.8. The summed E-state index contributed by atoms with van der Waals surface area (Å²) in [6.45, 7) is 0. The first-order valence-corrected chi connectivity index (χ1v) is 9.34. The molecule has 1 aromatic heterocycles. The molecule has 0 aliphatic rings. The minimum Gasteiger partial charge on any atom is -0.321 e. The molecule has 0 bridgehead atoms. The van der Waals surface area contributed by atoms with Gasteiger partial charge in [0.2, 0.25) is 0 Å². The number of carbonyl (C=O) groups is 1. The summed E-state index contributed by atoms with van der Waals surface area (Å²) in [5.41, 5.74) is 2.05. The third kappa shape index (κ3) is 4.61. The second kappa shape index (κ2) is 8.45. The van der Waals surface area contributed by atoms with E-state index in [0.717, 1.165) is 10.2 Å². The van der Waals surface area contributed by atoms with E-state index in [1.807, 2.05) is 53.2 Å². The van der Waals surface area contributed by atoms with Crippen molar-refractivity contribution in [2.45, 2.75) is 0 Å². The van der Waals surface area contributed by atoms with Crippen molar-refractivity contribution >= 4 is 56.8 Å². The van der Waals surface area contributed by atoms with Crippen LogP contribution in [-0.2, 0) is 4.79 Å². The van der Waals surface area contributed by atoms with E-state index in [4.69, 9.17) is 23.2 Å². The maximum Gasteiger partial charge on any atom is 0.266 e. The van der Waals surface area contributed by atoms with Gasteiger partial charge in [0.05, 0.1) is 10.0 Å². The number of nitrogens with zero attached hydrogens (tertiary/aromatic N) is 2. The summed E-state index contributed by atoms with van der Waals surface area (Å²) in [4.78, 5) is 12.5. The van der Waals surface area contributed by atoms with E-state index in [9.17, 15) is 10.1 Å². The van der Waals surface area contributed by atoms with Crippen LogP contribution in [0.15, 0.2) is 70.8 Å². The molecule has 1 heterocycles. The molecular weight excluding hydrogens is 449 g/mol. The molecule has 3 aromatic rings. The molecule has 1 amide bonds. The minimum atomic E-state index is -0.528. The first kappa shape index (κ1) is 19.2. The van der Waals surface area contributed by atoms with Gasteiger partial charge in [-0.25, -0.2) is 0 Å². The molecule has 0 saturated carbocycles. The molecule has 0 spiro atoms. The lowest BCUT2D eigenvalue weighted by Crippen LogP contribution is -2.13. The second-order valence-corrected chi connectivity index (χ2v) is 7.26. The lowest BCUT2D eigenvalue weighted by atomic mass is 10.2. The van der Waals surface area contributed by atoms with Gasteiger partial charge in [0, 0.05) is 27.7 Å². The highest BCUT2D eigenvalue weighted by molar-refractivity contribution is 9.10. The Morgan fingerprint density at radius 1 is 1.11 bits per heavy atom. The molecule has 0 saturated heterocycles. The number of amides is 1. The SMILES string of the molecule is N#C/C(=C/c1cccn1-c1ccc(Br)cc1)C(=O)Nc1ccc(Cl)c(Cl)c1. The van der Waals surface area contributed by atoms with Crippen molar-refractivity contribution in [2.75, 3.05) is 5.32 Å². The van der Waals surface area contributed by atoms with Crippen LogP contribution in [0, 0.1) is 11.3 Å². The van der Waals surface area contributed by atoms with Gasteiger partial charge in [-0.3, -0.25) is 4.79 Å². The van der Waals surface area contributed by atoms with Crippen molar-refractivity contribution in [3.8, 4) is 11.8 Å². The molecule has 0 unspecified atom stereocenters. The van der Waals surface area contributed by atoms with Gasteiger partial charge in [-0.2, -0.15) is 5.26 Å². The van der Waals surface area contributed by atoms with Crippen molar-refractivity contribution in [2.24, 2.45) is 0 Å². The molecule has 4 nitrogen and oxygen atoms in total. The lowest BCUT2D eigenvalue weighted by Gasteiger charge is -2.08. The average Bonchev–Trinajstić information content (AvgIpc) is 3.11. The standard InChI is InChI=1S/C20H12BrCl2N3O/c21-14-3-6-16(7-4-14)26-9-1-2-17(26)10-13(12-24)20(27)25-15-5-8-18(22)19(23)11-15/h1-11H,(H,25,27)/b13-10-. The molecule has 2 aromatic carbocycles. The topological polar surface area (TPSA) is 57.8 Å². The summed E-state index contributed by atoms with van der Waals surface area (Å²) in [7, 11) is 0. The molecule has 3 rings (SSSR count). The van der Waals surface area contributed by atoms with Crippen molar-refractivity contribution < 1.29 is 4.79 Å². The van der Waals surface area contributed by atoms with Crippen LogP contribution in [0.3, 0.4) is 0 Å². The Balaban J connectivity index is 1.87. The zero-order chi connectivity index (χ0) is 19.4. The van der Waals surface area contributed by atoms with E-state index in [1.165, 1.54) is 12.1 Å². The van der Waals surface area contributed by atoms with E-state index >= 15 is 0 Å². The third-order valence-corrected chi connectivity index (χ3v) is 4.99. The van der Waals surface area contributed by atoms with Crippen LogP contribution in [0.4, 0.5) is 5.69 Å². The molecule has 7 heteroatoms. The first-order valence-electron chi connectivity index (χ1n) is 7.79. The number of carbonyl (C=O) groups excluding carboxylic acids is 1. The van der Waals surface area contributed by atoms with Gasteiger partial charge in [0.15, 0.2) is 0 Å². The summed E-state index contributed by atoms with van der Waals surface area (Å²) in [6, 6.07) is 18.0. The molecular formula is C20H12BrCl2N3O. The van der Waals surface area contributed by atoms with Gasteiger partial charge < -0.3 is 9.88 Å². The fourth-order valence-corrected chi connectivity index (χ4v) is 2.98. The van der Waals surface area contributed by atoms with Crippen LogP contribution in [0.2, 0.25) is 10.0 Å². The Hall–Kier alpha value is -2.52. The van der Waals surface area contributed by atoms with E-state index in [-0.39, 0.29) is 5.57 Å². The van der Waals surface area contributed by atoms with Crippen molar-refractivity contribution in [3.05, 3.63) is 86.6 Å². The lowest BCUT2D eigenvalue weighted by molar-refractivity contribution is -0.112. The molecule has 0 radical (unpaired) electrons. The number of aromatic nitrogens is 1. The van der Waals surface area contributed by atoms with Crippen molar-refractivity contribution in [1.82, 2.24) is 4.57 Å². The monoisotopic (exact) mass is 459 g/mol. The second-order valence-electron chi connectivity index (χ2n) is 5.53. The largest absolute Gasteiger partial charge is 0.321 e. The Bertz CT molecular complexity index is 1070. The van der Waals surface area contributed by atoms with E-state index in [2.05, 4.69) is 21.2 Å². The predicted octanol–water partition coefficient (Wildman–Crippen LogP) is 6.09. The maximum absolute atomic E-state index is 12.5. The molecule has 0 aliphatic carbocycles. The van der Waals surface area contributed by atoms with Gasteiger partial charge >= 0.3 is 0 Å². The molecule has 0 atom stereocenters. The number of nitriles is 1. The Kier molecular flexibility index (Phi) is 6.02. The Labute approximate surface area is 174 Å². The van der Waals surface area contributed by atoms with Crippen LogP contribution >= 0.6 is 39.1 Å². The number of hydrogen-bond acceptors (Lipinski definition) is 2. The number of halogens is 3. The Morgan fingerprint density at radius 3 is 2.52 bits per heavy atom. The molecule has 27 heavy (non-hydrogen) atoms. The van der Waals surface area contributed by atoms with Crippen LogP contribution < -0.4 is 5.32 Å². The first-order chi connectivity index (χ1) is 13.0. The summed E-state index contributed by atoms with van der Waals surface area (Å²) in [5.74, 6) is -0.528. The smallest absolute Gasteiger partial charge is 0.266 e. The molecule has 0 fully saturated rings. The summed E-state index contributed by atoms with van der Waals surface area (Å²) in [6.07, 6.45) is 3.40. The Morgan fingerprint density at radius 2 is 1.85 bits per heavy atom. The summed E-state index contributed by atoms with van der Waals surface area (Å²) < 4.78 is 2.85. The van der Waals surface area contributed by atoms with Crippen LogP contribution in [-0.4, -0.2) is 10.5 Å². The number of rotatable bonds is 4. The zero-order valence-corrected chi connectivity index (χ0v) is 16.9. The molecule has 1 N–H and O–H groups in total. The highest BCUT2D eigenvalue weighted by atomic mass is 79.9. The quantitative estimate of drug-likeness (QED) is 0.378. The van der Waals surface area contributed by atoms with Crippen LogP contribution in [0.25, 0.3) is 11.8 Å². The number of nitrogens with one attached hydrogen (secondary N) is 1. The third-order valence-electron chi connectivity index (χ3n) is 3.72. The highest BCUT2D eigenvalue weighted by Gasteiger charge is 2.12. The van der Waals surface area contributed by atoms with E-state index in [0.29, 0.717) is 21.4 Å². The van der Waals surface area contributed by atoms with Gasteiger partial charge in [-0.1, -0.05) is 39.1 Å². The molecule has 134 valence electrons. The van der Waals surface area contributed by atoms with Crippen molar-refractivity contribution in [1.29, 1.82) is 5.26 Å². The molecule has 0 aliphatic heterocycles. The van der Waals surface area contributed by atoms with Crippen LogP contribution in [0.5, 0.6) is 0 Å². The van der Waals surface area contributed by atoms with Gasteiger partial charge in [-0.15, -0.1) is 0 Å². The average molecular weight is 461 g/mol. The summed E-state index contributed by atoms with van der Waals surface area (Å²) >= 11 is 15.2. The van der Waals surface area contributed by atoms with Gasteiger partial charge in [-0.05, 0) is 60.7 Å². The highest BCUT2D eigenvalue weighted by Crippen LogP contribution is 2.25. The van der Waals surface area contributed by atoms with E-state index < -0.39 is 5.91 Å². The van der Waals surface area contributed by atoms with Gasteiger partial charge in [0.1, 0.15) is 11.6 Å². The number of anilines is 1. The normalized spacial score (nSPS) is 11.1. The fourth-order valence-electron chi connectivity index (χ4n) is 2.42. The number of benzene rings is 2. The van der Waals surface area contributed by atoms with Crippen LogP contribution in [0.1, 0.15) is 5.69 Å². The van der Waals surface area contributed by atoms with Gasteiger partial charge in [0.25, 0.3) is 5.91 Å². The maximum atomic E-state index is 12.5.